The van der Waals surface area contributed by atoms with E-state index in [1.807, 2.05) is 6.07 Å². The number of amides is 3. The van der Waals surface area contributed by atoms with Crippen molar-refractivity contribution in [3.05, 3.63) is 89.6 Å². The van der Waals surface area contributed by atoms with Crippen LogP contribution in [0, 0.1) is 12.7 Å². The predicted molar refractivity (Wildman–Crippen MR) is 129 cm³/mol. The topological polar surface area (TPSA) is 91.7 Å². The molecule has 2 N–H and O–H groups in total. The van der Waals surface area contributed by atoms with Gasteiger partial charge in [0, 0.05) is 11.7 Å². The van der Waals surface area contributed by atoms with Crippen molar-refractivity contribution in [1.82, 2.24) is 10.6 Å². The maximum atomic E-state index is 14.6. The van der Waals surface area contributed by atoms with Crippen LogP contribution < -0.4 is 15.5 Å². The van der Waals surface area contributed by atoms with Gasteiger partial charge in [-0.2, -0.15) is 0 Å². The Morgan fingerprint density at radius 2 is 1.80 bits per heavy atom. The van der Waals surface area contributed by atoms with E-state index in [1.165, 1.54) is 23.3 Å². The summed E-state index contributed by atoms with van der Waals surface area (Å²) >= 11 is 0. The molecule has 182 valence electrons. The van der Waals surface area contributed by atoms with Gasteiger partial charge in [-0.05, 0) is 55.2 Å². The molecule has 3 aromatic rings. The summed E-state index contributed by atoms with van der Waals surface area (Å²) in [7, 11) is 0. The lowest BCUT2D eigenvalue weighted by Crippen LogP contribution is -2.49. The van der Waals surface area contributed by atoms with Crippen LogP contribution in [0.3, 0.4) is 0 Å². The Balaban J connectivity index is 1.69. The standard InChI is InChI=1S/C27H28FN3O4/c1-18-13-14-21(16-22(18)28)31(24(32)17-29-26(33)23-12-7-15-35-23)25(19-8-3-2-4-9-19)27(34)30-20-10-5-6-11-20/h2-4,7-9,12-16,20,25H,5-6,10-11,17H2,1H3,(H,29,33)(H,30,34)/t25-/m0/s1. The molecule has 0 bridgehead atoms. The lowest BCUT2D eigenvalue weighted by Gasteiger charge is -2.32. The largest absolute Gasteiger partial charge is 0.459 e. The van der Waals surface area contributed by atoms with Crippen LogP contribution in [0.2, 0.25) is 0 Å². The van der Waals surface area contributed by atoms with E-state index in [4.69, 9.17) is 4.42 Å². The van der Waals surface area contributed by atoms with Crippen LogP contribution in [-0.2, 0) is 9.59 Å². The van der Waals surface area contributed by atoms with Crippen LogP contribution in [0.4, 0.5) is 10.1 Å². The first-order chi connectivity index (χ1) is 16.9. The number of nitrogens with zero attached hydrogens (tertiary/aromatic N) is 1. The number of furan rings is 1. The monoisotopic (exact) mass is 477 g/mol. The first-order valence-corrected chi connectivity index (χ1v) is 11.7. The van der Waals surface area contributed by atoms with Crippen molar-refractivity contribution in [1.29, 1.82) is 0 Å². The molecule has 0 aliphatic heterocycles. The molecule has 3 amide bonds. The molecule has 0 saturated heterocycles. The van der Waals surface area contributed by atoms with Crippen molar-refractivity contribution < 1.29 is 23.2 Å². The van der Waals surface area contributed by atoms with Crippen LogP contribution in [0.25, 0.3) is 0 Å². The Morgan fingerprint density at radius 1 is 1.06 bits per heavy atom. The number of nitrogens with one attached hydrogen (secondary N) is 2. The average Bonchev–Trinajstić information content (AvgIpc) is 3.58. The normalized spacial score (nSPS) is 14.3. The Hall–Kier alpha value is -3.94. The molecule has 1 heterocycles. The molecule has 8 heteroatoms. The van der Waals surface area contributed by atoms with E-state index in [2.05, 4.69) is 10.6 Å². The zero-order chi connectivity index (χ0) is 24.8. The van der Waals surface area contributed by atoms with E-state index < -0.39 is 30.2 Å². The van der Waals surface area contributed by atoms with Gasteiger partial charge in [-0.3, -0.25) is 19.3 Å². The number of hydrogen-bond acceptors (Lipinski definition) is 4. The number of carbonyl (C=O) groups is 3. The molecule has 0 radical (unpaired) electrons. The van der Waals surface area contributed by atoms with Crippen molar-refractivity contribution >= 4 is 23.4 Å². The second-order valence-corrected chi connectivity index (χ2v) is 8.66. The summed E-state index contributed by atoms with van der Waals surface area (Å²) in [5, 5.41) is 5.60. The molecule has 2 aromatic carbocycles. The van der Waals surface area contributed by atoms with Crippen LogP contribution in [0.1, 0.15) is 53.4 Å². The van der Waals surface area contributed by atoms with Gasteiger partial charge in [-0.25, -0.2) is 4.39 Å². The minimum Gasteiger partial charge on any atom is -0.459 e. The molecule has 1 fully saturated rings. The summed E-state index contributed by atoms with van der Waals surface area (Å²) in [5.41, 5.74) is 1.22. The van der Waals surface area contributed by atoms with Crippen molar-refractivity contribution in [2.75, 3.05) is 11.4 Å². The highest BCUT2D eigenvalue weighted by Crippen LogP contribution is 2.30. The zero-order valence-corrected chi connectivity index (χ0v) is 19.5. The SMILES string of the molecule is Cc1ccc(N(C(=O)CNC(=O)c2ccco2)[C@H](C(=O)NC2CCCC2)c2ccccc2)cc1F. The van der Waals surface area contributed by atoms with Gasteiger partial charge >= 0.3 is 0 Å². The summed E-state index contributed by atoms with van der Waals surface area (Å²) in [5.74, 6) is -1.92. The Bertz CT molecular complexity index is 1170. The van der Waals surface area contributed by atoms with Gasteiger partial charge in [0.05, 0.1) is 12.8 Å². The highest BCUT2D eigenvalue weighted by atomic mass is 19.1. The summed E-state index contributed by atoms with van der Waals surface area (Å²) in [6.45, 7) is 1.21. The number of aryl methyl sites for hydroxylation is 1. The Morgan fingerprint density at radius 3 is 2.46 bits per heavy atom. The number of anilines is 1. The van der Waals surface area contributed by atoms with Crippen molar-refractivity contribution in [2.24, 2.45) is 0 Å². The van der Waals surface area contributed by atoms with E-state index >= 15 is 0 Å². The van der Waals surface area contributed by atoms with Gasteiger partial charge in [0.2, 0.25) is 11.8 Å². The second kappa shape index (κ2) is 11.0. The third-order valence-corrected chi connectivity index (χ3v) is 6.17. The number of hydrogen-bond donors (Lipinski definition) is 2. The minimum atomic E-state index is -1.05. The van der Waals surface area contributed by atoms with E-state index in [1.54, 1.807) is 49.4 Å². The quantitative estimate of drug-likeness (QED) is 0.506. The zero-order valence-electron chi connectivity index (χ0n) is 19.5. The Labute approximate surface area is 203 Å². The van der Waals surface area contributed by atoms with Gasteiger partial charge in [0.25, 0.3) is 5.91 Å². The number of rotatable bonds is 8. The molecule has 35 heavy (non-hydrogen) atoms. The van der Waals surface area contributed by atoms with Gasteiger partial charge < -0.3 is 15.1 Å². The van der Waals surface area contributed by atoms with Crippen molar-refractivity contribution in [2.45, 2.75) is 44.7 Å². The molecule has 0 spiro atoms. The molecule has 4 rings (SSSR count). The molecule has 1 aliphatic carbocycles. The second-order valence-electron chi connectivity index (χ2n) is 8.66. The smallest absolute Gasteiger partial charge is 0.287 e. The highest BCUT2D eigenvalue weighted by Gasteiger charge is 2.34. The predicted octanol–water partition coefficient (Wildman–Crippen LogP) is 4.29. The molecule has 1 atom stereocenters. The fourth-order valence-electron chi connectivity index (χ4n) is 4.31. The summed E-state index contributed by atoms with van der Waals surface area (Å²) in [6.07, 6.45) is 5.17. The van der Waals surface area contributed by atoms with Crippen LogP contribution >= 0.6 is 0 Å². The molecule has 1 saturated carbocycles. The van der Waals surface area contributed by atoms with E-state index in [0.717, 1.165) is 25.7 Å². The van der Waals surface area contributed by atoms with E-state index in [9.17, 15) is 18.8 Å². The summed E-state index contributed by atoms with van der Waals surface area (Å²) in [6, 6.07) is 15.3. The maximum Gasteiger partial charge on any atom is 0.287 e. The first kappa shape index (κ1) is 24.2. The van der Waals surface area contributed by atoms with Gasteiger partial charge in [0.1, 0.15) is 11.9 Å². The summed E-state index contributed by atoms with van der Waals surface area (Å²) < 4.78 is 19.7. The molecular weight excluding hydrogens is 449 g/mol. The van der Waals surface area contributed by atoms with Crippen molar-refractivity contribution in [3.63, 3.8) is 0 Å². The fraction of sp³-hybridized carbons (Fsp3) is 0.296. The third kappa shape index (κ3) is 5.77. The first-order valence-electron chi connectivity index (χ1n) is 11.7. The molecule has 7 nitrogen and oxygen atoms in total. The minimum absolute atomic E-state index is 0.0269. The van der Waals surface area contributed by atoms with Gasteiger partial charge in [-0.15, -0.1) is 0 Å². The number of halogens is 1. The lowest BCUT2D eigenvalue weighted by molar-refractivity contribution is -0.126. The van der Waals surface area contributed by atoms with Crippen molar-refractivity contribution in [3.8, 4) is 0 Å². The third-order valence-electron chi connectivity index (χ3n) is 6.17. The molecule has 1 aromatic heterocycles. The molecule has 0 unspecified atom stereocenters. The number of carbonyl (C=O) groups excluding carboxylic acids is 3. The average molecular weight is 478 g/mol. The van der Waals surface area contributed by atoms with Crippen LogP contribution in [-0.4, -0.2) is 30.3 Å². The van der Waals surface area contributed by atoms with E-state index in [-0.39, 0.29) is 23.4 Å². The highest BCUT2D eigenvalue weighted by molar-refractivity contribution is 6.04. The molecule has 1 aliphatic rings. The fourth-order valence-corrected chi connectivity index (χ4v) is 4.31. The maximum absolute atomic E-state index is 14.6. The molecular formula is C27H28FN3O4. The summed E-state index contributed by atoms with van der Waals surface area (Å²) in [4.78, 5) is 40.8. The number of benzene rings is 2. The van der Waals surface area contributed by atoms with Gasteiger partial charge in [0.15, 0.2) is 5.76 Å². The van der Waals surface area contributed by atoms with E-state index in [0.29, 0.717) is 11.1 Å². The van der Waals surface area contributed by atoms with Gasteiger partial charge in [-0.1, -0.05) is 49.2 Å². The van der Waals surface area contributed by atoms with Crippen LogP contribution in [0.5, 0.6) is 0 Å². The lowest BCUT2D eigenvalue weighted by atomic mass is 10.0. The Kier molecular flexibility index (Phi) is 7.60. The van der Waals surface area contributed by atoms with Crippen LogP contribution in [0.15, 0.2) is 71.3 Å².